The van der Waals surface area contributed by atoms with Gasteiger partial charge in [0.1, 0.15) is 22.6 Å². The van der Waals surface area contributed by atoms with E-state index in [0.717, 1.165) is 10.9 Å². The molecule has 0 aliphatic carbocycles. The number of carbonyl (C=O) groups is 4. The minimum absolute atomic E-state index is 0.0344. The topological polar surface area (TPSA) is 147 Å². The molecule has 0 radical (unpaired) electrons. The number of nitrogens with one attached hydrogen (secondary N) is 2. The van der Waals surface area contributed by atoms with Crippen molar-refractivity contribution in [2.75, 3.05) is 13.9 Å². The number of furan rings is 1. The highest BCUT2D eigenvalue weighted by Crippen LogP contribution is 2.27. The molecule has 2 unspecified atom stereocenters. The summed E-state index contributed by atoms with van der Waals surface area (Å²) in [6, 6.07) is 31.6. The molecule has 12 heteroatoms. The van der Waals surface area contributed by atoms with Gasteiger partial charge in [-0.3, -0.25) is 9.36 Å². The smallest absolute Gasteiger partial charge is 0.421 e. The Kier molecular flexibility index (Phi) is 10.5. The van der Waals surface area contributed by atoms with Crippen molar-refractivity contribution in [2.45, 2.75) is 38.5 Å². The van der Waals surface area contributed by atoms with Crippen molar-refractivity contribution < 1.29 is 42.5 Å². The minimum Gasteiger partial charge on any atom is -0.497 e. The lowest BCUT2D eigenvalue weighted by molar-refractivity contribution is -0.127. The molecule has 6 aromatic rings. The van der Waals surface area contributed by atoms with E-state index < -0.39 is 42.4 Å². The van der Waals surface area contributed by atoms with Crippen LogP contribution in [-0.2, 0) is 32.0 Å². The number of carbonyl (C=O) groups excluding carboxylic acids is 4. The normalized spacial score (nSPS) is 12.8. The first-order valence-corrected chi connectivity index (χ1v) is 16.5. The Morgan fingerprint density at radius 1 is 0.846 bits per heavy atom. The van der Waals surface area contributed by atoms with Gasteiger partial charge in [-0.1, -0.05) is 66.7 Å². The Morgan fingerprint density at radius 3 is 2.31 bits per heavy atom. The number of rotatable bonds is 12. The standard InChI is InChI=1S/C40H37N3O9/c1-26(27-11-5-4-6-12-27)41-37(45)40(2,42-38(46)49-24-32-21-29-13-7-10-16-35(29)52-32)22-30-23-43(34-15-9-8-14-33(30)34)39(47)51-25-50-36(44)28-17-19-31(48-3)20-18-28/h4-21,23,26H,22,24-25H2,1-3H3,(H,41,45)(H,42,46). The van der Waals surface area contributed by atoms with E-state index in [0.29, 0.717) is 33.6 Å². The van der Waals surface area contributed by atoms with Gasteiger partial charge in [0.15, 0.2) is 6.61 Å². The van der Waals surface area contributed by atoms with Gasteiger partial charge in [-0.2, -0.15) is 0 Å². The number of aromatic nitrogens is 1. The highest BCUT2D eigenvalue weighted by Gasteiger charge is 2.38. The molecule has 0 saturated carbocycles. The van der Waals surface area contributed by atoms with E-state index in [1.54, 1.807) is 49.4 Å². The zero-order chi connectivity index (χ0) is 36.7. The number of amides is 2. The highest BCUT2D eigenvalue weighted by molar-refractivity contribution is 5.95. The van der Waals surface area contributed by atoms with Gasteiger partial charge in [0, 0.05) is 23.4 Å². The molecule has 52 heavy (non-hydrogen) atoms. The fourth-order valence-corrected chi connectivity index (χ4v) is 5.80. The van der Waals surface area contributed by atoms with Crippen LogP contribution in [0.25, 0.3) is 21.9 Å². The molecule has 266 valence electrons. The summed E-state index contributed by atoms with van der Waals surface area (Å²) >= 11 is 0. The molecular formula is C40H37N3O9. The van der Waals surface area contributed by atoms with Gasteiger partial charge in [0.2, 0.25) is 12.7 Å². The molecule has 0 saturated heterocycles. The van der Waals surface area contributed by atoms with Crippen molar-refractivity contribution >= 4 is 45.9 Å². The molecule has 4 aromatic carbocycles. The zero-order valence-corrected chi connectivity index (χ0v) is 28.8. The van der Waals surface area contributed by atoms with Gasteiger partial charge in [-0.05, 0) is 67.4 Å². The molecule has 2 amide bonds. The Balaban J connectivity index is 1.20. The maximum absolute atomic E-state index is 14.1. The molecule has 0 bridgehead atoms. The summed E-state index contributed by atoms with van der Waals surface area (Å²) in [5.74, 6) is -0.142. The van der Waals surface area contributed by atoms with E-state index in [4.69, 9.17) is 23.4 Å². The first-order chi connectivity index (χ1) is 25.1. The van der Waals surface area contributed by atoms with E-state index in [9.17, 15) is 19.2 Å². The molecule has 12 nitrogen and oxygen atoms in total. The number of benzene rings is 4. The number of hydrogen-bond donors (Lipinski definition) is 2. The fourth-order valence-electron chi connectivity index (χ4n) is 5.80. The summed E-state index contributed by atoms with van der Waals surface area (Å²) in [4.78, 5) is 53.1. The molecule has 2 N–H and O–H groups in total. The van der Waals surface area contributed by atoms with E-state index in [1.807, 2.05) is 61.5 Å². The molecule has 0 fully saturated rings. The zero-order valence-electron chi connectivity index (χ0n) is 28.8. The average molecular weight is 704 g/mol. The van der Waals surface area contributed by atoms with Crippen LogP contribution in [0.15, 0.2) is 120 Å². The summed E-state index contributed by atoms with van der Waals surface area (Å²) < 4.78 is 28.1. The second-order valence-electron chi connectivity index (χ2n) is 12.3. The first kappa shape index (κ1) is 35.3. The van der Waals surface area contributed by atoms with Crippen molar-refractivity contribution in [3.63, 3.8) is 0 Å². The first-order valence-electron chi connectivity index (χ1n) is 16.5. The van der Waals surface area contributed by atoms with E-state index in [-0.39, 0.29) is 18.6 Å². The largest absolute Gasteiger partial charge is 0.497 e. The van der Waals surface area contributed by atoms with Crippen LogP contribution < -0.4 is 15.4 Å². The predicted molar refractivity (Wildman–Crippen MR) is 192 cm³/mol. The Morgan fingerprint density at radius 2 is 1.56 bits per heavy atom. The van der Waals surface area contributed by atoms with Gasteiger partial charge in [-0.15, -0.1) is 0 Å². The van der Waals surface area contributed by atoms with E-state index in [2.05, 4.69) is 10.6 Å². The average Bonchev–Trinajstić information content (AvgIpc) is 3.75. The van der Waals surface area contributed by atoms with Crippen LogP contribution in [0, 0.1) is 0 Å². The van der Waals surface area contributed by atoms with Gasteiger partial charge < -0.3 is 34.0 Å². The number of hydrogen-bond acceptors (Lipinski definition) is 9. The van der Waals surface area contributed by atoms with Gasteiger partial charge in [0.05, 0.1) is 24.2 Å². The summed E-state index contributed by atoms with van der Waals surface area (Å²) in [7, 11) is 1.51. The SMILES string of the molecule is COc1ccc(C(=O)OCOC(=O)n2cc(CC(C)(NC(=O)OCc3cc4ccccc4o3)C(=O)NC(C)c3ccccc3)c3ccccc32)cc1. The van der Waals surface area contributed by atoms with Crippen LogP contribution in [0.5, 0.6) is 5.75 Å². The maximum Gasteiger partial charge on any atom is 0.421 e. The lowest BCUT2D eigenvalue weighted by atomic mass is 9.91. The number of alkyl carbamates (subject to hydrolysis) is 1. The van der Waals surface area contributed by atoms with Crippen molar-refractivity contribution in [3.8, 4) is 5.75 Å². The Labute approximate surface area is 299 Å². The summed E-state index contributed by atoms with van der Waals surface area (Å²) in [5.41, 5.74) is 1.28. The lowest BCUT2D eigenvalue weighted by Gasteiger charge is -2.30. The number of fused-ring (bicyclic) bond motifs is 2. The third-order valence-electron chi connectivity index (χ3n) is 8.58. The van der Waals surface area contributed by atoms with E-state index >= 15 is 0 Å². The second kappa shape index (κ2) is 15.5. The molecule has 0 aliphatic rings. The van der Waals surface area contributed by atoms with Crippen LogP contribution in [-0.4, -0.2) is 48.1 Å². The lowest BCUT2D eigenvalue weighted by Crippen LogP contribution is -2.58. The summed E-state index contributed by atoms with van der Waals surface area (Å²) in [6.45, 7) is 2.64. The fraction of sp³-hybridized carbons (Fsp3) is 0.200. The van der Waals surface area contributed by atoms with Crippen molar-refractivity contribution in [1.82, 2.24) is 15.2 Å². The van der Waals surface area contributed by atoms with Crippen LogP contribution >= 0.6 is 0 Å². The molecule has 2 aromatic heterocycles. The van der Waals surface area contributed by atoms with Crippen LogP contribution in [0.4, 0.5) is 9.59 Å². The molecule has 0 aliphatic heterocycles. The van der Waals surface area contributed by atoms with Gasteiger partial charge in [-0.25, -0.2) is 14.4 Å². The van der Waals surface area contributed by atoms with Crippen molar-refractivity contribution in [3.05, 3.63) is 138 Å². The van der Waals surface area contributed by atoms with Crippen LogP contribution in [0.2, 0.25) is 0 Å². The minimum atomic E-state index is -1.55. The monoisotopic (exact) mass is 703 g/mol. The number of esters is 1. The Bertz CT molecular complexity index is 2180. The quantitative estimate of drug-likeness (QED) is 0.0990. The van der Waals surface area contributed by atoms with Crippen LogP contribution in [0.1, 0.15) is 47.1 Å². The van der Waals surface area contributed by atoms with Crippen molar-refractivity contribution in [1.29, 1.82) is 0 Å². The van der Waals surface area contributed by atoms with E-state index in [1.165, 1.54) is 30.0 Å². The summed E-state index contributed by atoms with van der Waals surface area (Å²) in [6.07, 6.45) is -0.154. The molecule has 2 heterocycles. The number of nitrogens with zero attached hydrogens (tertiary/aromatic N) is 1. The number of para-hydroxylation sites is 2. The number of methoxy groups -OCH3 is 1. The molecular weight excluding hydrogens is 666 g/mol. The maximum atomic E-state index is 14.1. The third kappa shape index (κ3) is 8.07. The van der Waals surface area contributed by atoms with Gasteiger partial charge >= 0.3 is 18.2 Å². The Hall–Kier alpha value is -6.56. The second-order valence-corrected chi connectivity index (χ2v) is 12.3. The predicted octanol–water partition coefficient (Wildman–Crippen LogP) is 7.30. The molecule has 6 rings (SSSR count). The highest BCUT2D eigenvalue weighted by atomic mass is 16.7. The van der Waals surface area contributed by atoms with Gasteiger partial charge in [0.25, 0.3) is 0 Å². The molecule has 0 spiro atoms. The number of ether oxygens (including phenoxy) is 4. The van der Waals surface area contributed by atoms with Crippen molar-refractivity contribution in [2.24, 2.45) is 0 Å². The summed E-state index contributed by atoms with van der Waals surface area (Å²) in [5, 5.41) is 7.29. The molecule has 2 atom stereocenters. The van der Waals surface area contributed by atoms with Crippen LogP contribution in [0.3, 0.4) is 0 Å². The third-order valence-corrected chi connectivity index (χ3v) is 8.58.